The summed E-state index contributed by atoms with van der Waals surface area (Å²) in [6, 6.07) is 9.93. The predicted octanol–water partition coefficient (Wildman–Crippen LogP) is 4.36. The number of alkyl halides is 3. The molecule has 0 aliphatic rings. The highest BCUT2D eigenvalue weighted by Crippen LogP contribution is 2.30. The SMILES string of the molecule is Cc1cccc2nc(CNc3cc(C(F)(F)F)nc(-c4cccnc4)n3)n(C)c12. The maximum Gasteiger partial charge on any atom is 0.433 e. The van der Waals surface area contributed by atoms with Crippen LogP contribution in [-0.2, 0) is 19.8 Å². The Kier molecular flexibility index (Phi) is 4.65. The topological polar surface area (TPSA) is 68.5 Å². The molecule has 0 aliphatic heterocycles. The first-order chi connectivity index (χ1) is 13.8. The van der Waals surface area contributed by atoms with E-state index in [0.29, 0.717) is 11.4 Å². The molecule has 4 aromatic rings. The van der Waals surface area contributed by atoms with Gasteiger partial charge in [-0.15, -0.1) is 0 Å². The van der Waals surface area contributed by atoms with E-state index in [9.17, 15) is 13.2 Å². The molecule has 3 aromatic heterocycles. The van der Waals surface area contributed by atoms with Crippen molar-refractivity contribution in [3.8, 4) is 11.4 Å². The lowest BCUT2D eigenvalue weighted by Crippen LogP contribution is -2.13. The fourth-order valence-corrected chi connectivity index (χ4v) is 3.15. The summed E-state index contributed by atoms with van der Waals surface area (Å²) < 4.78 is 41.9. The van der Waals surface area contributed by atoms with Gasteiger partial charge in [0.1, 0.15) is 11.6 Å². The van der Waals surface area contributed by atoms with Crippen LogP contribution in [0.4, 0.5) is 19.0 Å². The van der Waals surface area contributed by atoms with Gasteiger partial charge in [-0.1, -0.05) is 12.1 Å². The number of pyridine rings is 1. The molecule has 0 amide bonds. The summed E-state index contributed by atoms with van der Waals surface area (Å²) in [6.07, 6.45) is -1.64. The van der Waals surface area contributed by atoms with E-state index in [1.54, 1.807) is 12.1 Å². The van der Waals surface area contributed by atoms with Crippen molar-refractivity contribution >= 4 is 16.9 Å². The third-order valence-electron chi connectivity index (χ3n) is 4.55. The van der Waals surface area contributed by atoms with Crippen LogP contribution in [0.3, 0.4) is 0 Å². The van der Waals surface area contributed by atoms with E-state index >= 15 is 0 Å². The Balaban J connectivity index is 1.68. The number of rotatable bonds is 4. The average molecular weight is 398 g/mol. The van der Waals surface area contributed by atoms with Gasteiger partial charge >= 0.3 is 6.18 Å². The summed E-state index contributed by atoms with van der Waals surface area (Å²) in [4.78, 5) is 16.4. The number of hydrogen-bond acceptors (Lipinski definition) is 5. The molecule has 148 valence electrons. The number of aromatic nitrogens is 5. The molecule has 4 rings (SSSR count). The van der Waals surface area contributed by atoms with Gasteiger partial charge in [-0.3, -0.25) is 4.98 Å². The molecule has 0 atom stereocenters. The van der Waals surface area contributed by atoms with Crippen molar-refractivity contribution < 1.29 is 13.2 Å². The number of fused-ring (bicyclic) bond motifs is 1. The van der Waals surface area contributed by atoms with Gasteiger partial charge in [0.25, 0.3) is 0 Å². The smallest absolute Gasteiger partial charge is 0.363 e. The number of imidazole rings is 1. The minimum atomic E-state index is -4.59. The van der Waals surface area contributed by atoms with Gasteiger partial charge in [0.05, 0.1) is 17.6 Å². The van der Waals surface area contributed by atoms with Crippen LogP contribution in [0.1, 0.15) is 17.1 Å². The molecule has 0 radical (unpaired) electrons. The quantitative estimate of drug-likeness (QED) is 0.553. The van der Waals surface area contributed by atoms with Crippen molar-refractivity contribution in [3.05, 3.63) is 65.9 Å². The van der Waals surface area contributed by atoms with Gasteiger partial charge in [0.15, 0.2) is 11.5 Å². The van der Waals surface area contributed by atoms with Gasteiger partial charge in [-0.2, -0.15) is 13.2 Å². The Morgan fingerprint density at radius 2 is 1.90 bits per heavy atom. The number of nitrogens with zero attached hydrogens (tertiary/aromatic N) is 5. The van der Waals surface area contributed by atoms with E-state index in [1.165, 1.54) is 12.4 Å². The highest BCUT2D eigenvalue weighted by molar-refractivity contribution is 5.79. The molecule has 0 unspecified atom stereocenters. The van der Waals surface area contributed by atoms with Crippen molar-refractivity contribution in [1.29, 1.82) is 0 Å². The molecule has 3 heterocycles. The largest absolute Gasteiger partial charge is 0.433 e. The molecular weight excluding hydrogens is 381 g/mol. The van der Waals surface area contributed by atoms with Gasteiger partial charge in [-0.25, -0.2) is 15.0 Å². The van der Waals surface area contributed by atoms with Crippen LogP contribution >= 0.6 is 0 Å². The number of nitrogens with one attached hydrogen (secondary N) is 1. The van der Waals surface area contributed by atoms with Crippen molar-refractivity contribution in [2.75, 3.05) is 5.32 Å². The summed E-state index contributed by atoms with van der Waals surface area (Å²) >= 11 is 0. The van der Waals surface area contributed by atoms with Crippen molar-refractivity contribution in [1.82, 2.24) is 24.5 Å². The fraction of sp³-hybridized carbons (Fsp3) is 0.200. The monoisotopic (exact) mass is 398 g/mol. The molecule has 0 fully saturated rings. The number of anilines is 1. The summed E-state index contributed by atoms with van der Waals surface area (Å²) in [6.45, 7) is 2.20. The van der Waals surface area contributed by atoms with Crippen LogP contribution in [0.25, 0.3) is 22.4 Å². The van der Waals surface area contributed by atoms with Crippen LogP contribution in [-0.4, -0.2) is 24.5 Å². The molecule has 0 spiro atoms. The van der Waals surface area contributed by atoms with Crippen molar-refractivity contribution in [3.63, 3.8) is 0 Å². The predicted molar refractivity (Wildman–Crippen MR) is 103 cm³/mol. The molecule has 0 saturated heterocycles. The summed E-state index contributed by atoms with van der Waals surface area (Å²) in [7, 11) is 1.88. The molecule has 29 heavy (non-hydrogen) atoms. The second-order valence-corrected chi connectivity index (χ2v) is 6.58. The van der Waals surface area contributed by atoms with Crippen molar-refractivity contribution in [2.24, 2.45) is 7.05 Å². The standard InChI is InChI=1S/C20H17F3N6/c1-12-5-3-7-14-18(12)29(2)17(26-14)11-25-16-9-15(20(21,22)23)27-19(28-16)13-6-4-8-24-10-13/h3-10H,11H2,1-2H3,(H,25,27,28). The van der Waals surface area contributed by atoms with Crippen LogP contribution in [0.5, 0.6) is 0 Å². The number of para-hydroxylation sites is 1. The molecule has 1 aromatic carbocycles. The minimum Gasteiger partial charge on any atom is -0.363 e. The van der Waals surface area contributed by atoms with Crippen molar-refractivity contribution in [2.45, 2.75) is 19.6 Å². The van der Waals surface area contributed by atoms with Crippen LogP contribution in [0.2, 0.25) is 0 Å². The zero-order chi connectivity index (χ0) is 20.6. The second kappa shape index (κ2) is 7.16. The van der Waals surface area contributed by atoms with Crippen LogP contribution in [0, 0.1) is 6.92 Å². The van der Waals surface area contributed by atoms with E-state index in [1.807, 2.05) is 36.7 Å². The van der Waals surface area contributed by atoms with Crippen LogP contribution < -0.4 is 5.32 Å². The lowest BCUT2D eigenvalue weighted by atomic mass is 10.2. The Bertz CT molecular complexity index is 1170. The van der Waals surface area contributed by atoms with Crippen LogP contribution in [0.15, 0.2) is 48.8 Å². The fourth-order valence-electron chi connectivity index (χ4n) is 3.15. The average Bonchev–Trinajstić information content (AvgIpc) is 3.03. The number of aryl methyl sites for hydroxylation is 2. The van der Waals surface area contributed by atoms with Gasteiger partial charge < -0.3 is 9.88 Å². The molecule has 6 nitrogen and oxygen atoms in total. The number of benzene rings is 1. The Labute approximate surface area is 164 Å². The highest BCUT2D eigenvalue weighted by atomic mass is 19.4. The summed E-state index contributed by atoms with van der Waals surface area (Å²) in [5.41, 5.74) is 2.27. The normalized spacial score (nSPS) is 11.8. The highest BCUT2D eigenvalue weighted by Gasteiger charge is 2.34. The molecular formula is C20H17F3N6. The second-order valence-electron chi connectivity index (χ2n) is 6.58. The minimum absolute atomic E-state index is 0.0451. The maximum absolute atomic E-state index is 13.3. The lowest BCUT2D eigenvalue weighted by molar-refractivity contribution is -0.141. The third-order valence-corrected chi connectivity index (χ3v) is 4.55. The van der Waals surface area contributed by atoms with E-state index in [2.05, 4.69) is 25.3 Å². The zero-order valence-corrected chi connectivity index (χ0v) is 15.7. The van der Waals surface area contributed by atoms with Gasteiger partial charge in [0, 0.05) is 31.1 Å². The van der Waals surface area contributed by atoms with E-state index in [0.717, 1.165) is 22.7 Å². The number of hydrogen-bond donors (Lipinski definition) is 1. The van der Waals surface area contributed by atoms with E-state index < -0.39 is 11.9 Å². The van der Waals surface area contributed by atoms with Gasteiger partial charge in [0.2, 0.25) is 0 Å². The maximum atomic E-state index is 13.3. The zero-order valence-electron chi connectivity index (χ0n) is 15.7. The Hall–Kier alpha value is -3.49. The van der Waals surface area contributed by atoms with E-state index in [4.69, 9.17) is 0 Å². The molecule has 0 aliphatic carbocycles. The van der Waals surface area contributed by atoms with E-state index in [-0.39, 0.29) is 18.2 Å². The molecule has 0 bridgehead atoms. The molecule has 0 saturated carbocycles. The first kappa shape index (κ1) is 18.9. The third kappa shape index (κ3) is 3.75. The van der Waals surface area contributed by atoms with Gasteiger partial charge in [-0.05, 0) is 30.7 Å². The Morgan fingerprint density at radius 3 is 2.59 bits per heavy atom. The molecule has 1 N–H and O–H groups in total. The first-order valence-electron chi connectivity index (χ1n) is 8.84. The first-order valence-corrected chi connectivity index (χ1v) is 8.84. The summed E-state index contributed by atoms with van der Waals surface area (Å²) in [5.74, 6) is 0.704. The molecule has 9 heteroatoms. The lowest BCUT2D eigenvalue weighted by Gasteiger charge is -2.12. The Morgan fingerprint density at radius 1 is 1.07 bits per heavy atom. The number of halogens is 3. The summed E-state index contributed by atoms with van der Waals surface area (Å²) in [5, 5.41) is 2.95.